The molecule has 98 valence electrons. The average molecular weight is 265 g/mol. The van der Waals surface area contributed by atoms with Gasteiger partial charge in [-0.1, -0.05) is 13.3 Å². The second-order valence-electron chi connectivity index (χ2n) is 3.70. The fourth-order valence-corrected chi connectivity index (χ4v) is 2.24. The maximum Gasteiger partial charge on any atom is 0.223 e. The Morgan fingerprint density at radius 2 is 1.83 bits per heavy atom. The summed E-state index contributed by atoms with van der Waals surface area (Å²) in [5, 5.41) is 0. The molecule has 0 atom stereocenters. The highest BCUT2D eigenvalue weighted by molar-refractivity contribution is 7.99. The molecule has 1 aromatic carbocycles. The second-order valence-corrected chi connectivity index (χ2v) is 4.87. The molecule has 0 heterocycles. The van der Waals surface area contributed by atoms with E-state index in [4.69, 9.17) is 17.2 Å². The number of rotatable bonds is 5. The lowest BCUT2D eigenvalue weighted by Crippen LogP contribution is -2.26. The van der Waals surface area contributed by atoms with Gasteiger partial charge in [0.1, 0.15) is 0 Å². The Balaban J connectivity index is 2.62. The van der Waals surface area contributed by atoms with Crippen molar-refractivity contribution in [1.82, 2.24) is 0 Å². The summed E-state index contributed by atoms with van der Waals surface area (Å²) < 4.78 is 0. The van der Waals surface area contributed by atoms with Gasteiger partial charge >= 0.3 is 0 Å². The van der Waals surface area contributed by atoms with E-state index in [2.05, 4.69) is 16.9 Å². The smallest absolute Gasteiger partial charge is 0.223 e. The summed E-state index contributed by atoms with van der Waals surface area (Å²) in [6.45, 7) is 2.19. The number of nitrogens with two attached hydrogens (primary N) is 3. The van der Waals surface area contributed by atoms with Crippen LogP contribution >= 0.6 is 11.8 Å². The van der Waals surface area contributed by atoms with E-state index in [0.29, 0.717) is 0 Å². The van der Waals surface area contributed by atoms with Crippen LogP contribution in [0, 0.1) is 0 Å². The van der Waals surface area contributed by atoms with Crippen LogP contribution in [0.25, 0.3) is 0 Å². The van der Waals surface area contributed by atoms with Gasteiger partial charge in [-0.15, -0.1) is 11.8 Å². The van der Waals surface area contributed by atoms with Gasteiger partial charge in [-0.3, -0.25) is 0 Å². The molecule has 0 aliphatic carbocycles. The number of hydrogen-bond donors (Lipinski definition) is 3. The van der Waals surface area contributed by atoms with E-state index in [0.717, 1.165) is 11.4 Å². The molecular formula is C12H19N5S. The first-order valence-corrected chi connectivity index (χ1v) is 6.77. The van der Waals surface area contributed by atoms with Crippen molar-refractivity contribution in [3.8, 4) is 0 Å². The minimum absolute atomic E-state index is 0.0568. The van der Waals surface area contributed by atoms with Crippen LogP contribution in [0.5, 0.6) is 0 Å². The van der Waals surface area contributed by atoms with Crippen LogP contribution < -0.4 is 17.2 Å². The third kappa shape index (κ3) is 5.58. The Morgan fingerprint density at radius 3 is 2.39 bits per heavy atom. The summed E-state index contributed by atoms with van der Waals surface area (Å²) >= 11 is 1.84. The van der Waals surface area contributed by atoms with Crippen LogP contribution in [0.1, 0.15) is 19.8 Å². The molecule has 0 bridgehead atoms. The fraction of sp³-hybridized carbons (Fsp3) is 0.333. The van der Waals surface area contributed by atoms with Crippen LogP contribution in [0.3, 0.4) is 0 Å². The van der Waals surface area contributed by atoms with E-state index in [1.165, 1.54) is 17.7 Å². The number of unbranched alkanes of at least 4 members (excludes halogenated alkanes) is 1. The number of nitrogens with zero attached hydrogens (tertiary/aromatic N) is 2. The molecule has 5 nitrogen and oxygen atoms in total. The zero-order valence-corrected chi connectivity index (χ0v) is 11.3. The number of thioether (sulfide) groups is 1. The van der Waals surface area contributed by atoms with Crippen LogP contribution in [-0.2, 0) is 0 Å². The molecule has 6 heteroatoms. The summed E-state index contributed by atoms with van der Waals surface area (Å²) in [5.74, 6) is 1.10. The number of benzene rings is 1. The molecule has 0 aromatic heterocycles. The Labute approximate surface area is 112 Å². The Bertz CT molecular complexity index is 421. The van der Waals surface area contributed by atoms with Crippen molar-refractivity contribution in [3.63, 3.8) is 0 Å². The number of guanidine groups is 2. The molecule has 0 radical (unpaired) electrons. The highest BCUT2D eigenvalue weighted by Gasteiger charge is 1.96. The molecule has 0 unspecified atom stereocenters. The van der Waals surface area contributed by atoms with Gasteiger partial charge in [0.25, 0.3) is 0 Å². The summed E-state index contributed by atoms with van der Waals surface area (Å²) in [6.07, 6.45) is 2.44. The molecule has 6 N–H and O–H groups in total. The third-order valence-electron chi connectivity index (χ3n) is 2.09. The average Bonchev–Trinajstić information content (AvgIpc) is 2.30. The molecule has 0 aliphatic heterocycles. The minimum atomic E-state index is -0.0945. The van der Waals surface area contributed by atoms with E-state index in [-0.39, 0.29) is 11.9 Å². The van der Waals surface area contributed by atoms with E-state index in [1.54, 1.807) is 0 Å². The molecule has 0 aliphatic rings. The van der Waals surface area contributed by atoms with Crippen molar-refractivity contribution >= 4 is 29.4 Å². The maximum atomic E-state index is 5.54. The second kappa shape index (κ2) is 7.60. The van der Waals surface area contributed by atoms with Gasteiger partial charge in [0, 0.05) is 4.90 Å². The van der Waals surface area contributed by atoms with Gasteiger partial charge < -0.3 is 17.2 Å². The molecule has 18 heavy (non-hydrogen) atoms. The number of hydrogen-bond acceptors (Lipinski definition) is 2. The van der Waals surface area contributed by atoms with E-state index in [9.17, 15) is 0 Å². The van der Waals surface area contributed by atoms with Gasteiger partial charge in [-0.05, 0) is 36.4 Å². The summed E-state index contributed by atoms with van der Waals surface area (Å²) in [4.78, 5) is 8.95. The lowest BCUT2D eigenvalue weighted by atomic mass is 10.3. The first-order chi connectivity index (χ1) is 8.61. The Morgan fingerprint density at radius 1 is 1.17 bits per heavy atom. The topological polar surface area (TPSA) is 103 Å². The summed E-state index contributed by atoms with van der Waals surface area (Å²) in [5.41, 5.74) is 16.7. The standard InChI is InChI=1S/C12H19N5S/c1-2-3-8-18-10-6-4-9(5-7-10)16-12(15)17-11(13)14/h4-7H,2-3,8H2,1H3,(H6,13,14,15,16,17). The van der Waals surface area contributed by atoms with Crippen LogP contribution in [0.2, 0.25) is 0 Å². The normalized spacial score (nSPS) is 11.3. The van der Waals surface area contributed by atoms with E-state index in [1.807, 2.05) is 36.0 Å². The molecule has 0 amide bonds. The zero-order valence-electron chi connectivity index (χ0n) is 10.5. The summed E-state index contributed by atoms with van der Waals surface area (Å²) in [7, 11) is 0. The van der Waals surface area contributed by atoms with Crippen LogP contribution in [0.4, 0.5) is 5.69 Å². The van der Waals surface area contributed by atoms with Gasteiger partial charge in [0.2, 0.25) is 5.96 Å². The van der Waals surface area contributed by atoms with Gasteiger partial charge in [0.15, 0.2) is 5.96 Å². The monoisotopic (exact) mass is 265 g/mol. The highest BCUT2D eigenvalue weighted by atomic mass is 32.2. The van der Waals surface area contributed by atoms with Gasteiger partial charge in [-0.25, -0.2) is 4.99 Å². The van der Waals surface area contributed by atoms with E-state index >= 15 is 0 Å². The van der Waals surface area contributed by atoms with Crippen molar-refractivity contribution in [2.75, 3.05) is 5.75 Å². The number of aliphatic imine (C=N–C) groups is 2. The molecule has 0 saturated carbocycles. The van der Waals surface area contributed by atoms with Crippen molar-refractivity contribution in [3.05, 3.63) is 24.3 Å². The van der Waals surface area contributed by atoms with Crippen molar-refractivity contribution in [1.29, 1.82) is 0 Å². The van der Waals surface area contributed by atoms with Crippen LogP contribution in [0.15, 0.2) is 39.1 Å². The van der Waals surface area contributed by atoms with Gasteiger partial charge in [0.05, 0.1) is 5.69 Å². The molecule has 1 aromatic rings. The van der Waals surface area contributed by atoms with Crippen LogP contribution in [-0.4, -0.2) is 17.7 Å². The third-order valence-corrected chi connectivity index (χ3v) is 3.19. The first-order valence-electron chi connectivity index (χ1n) is 5.78. The lowest BCUT2D eigenvalue weighted by Gasteiger charge is -2.01. The molecule has 0 fully saturated rings. The molecule has 0 saturated heterocycles. The first kappa shape index (κ1) is 14.4. The highest BCUT2D eigenvalue weighted by Crippen LogP contribution is 2.22. The largest absolute Gasteiger partial charge is 0.370 e. The Kier molecular flexibility index (Phi) is 6.07. The lowest BCUT2D eigenvalue weighted by molar-refractivity contribution is 0.896. The molecule has 1 rings (SSSR count). The Hall–Kier alpha value is -1.69. The van der Waals surface area contributed by atoms with Crippen molar-refractivity contribution < 1.29 is 0 Å². The van der Waals surface area contributed by atoms with Crippen molar-refractivity contribution in [2.24, 2.45) is 27.2 Å². The minimum Gasteiger partial charge on any atom is -0.370 e. The fourth-order valence-electron chi connectivity index (χ4n) is 1.24. The predicted octanol–water partition coefficient (Wildman–Crippen LogP) is 1.80. The quantitative estimate of drug-likeness (QED) is 0.327. The predicted molar refractivity (Wildman–Crippen MR) is 79.2 cm³/mol. The maximum absolute atomic E-state index is 5.54. The SMILES string of the molecule is CCCCSc1ccc(N=C(N)N=C(N)N)cc1. The zero-order chi connectivity index (χ0) is 13.4. The molecular weight excluding hydrogens is 246 g/mol. The summed E-state index contributed by atoms with van der Waals surface area (Å²) in [6, 6.07) is 7.82. The van der Waals surface area contributed by atoms with Crippen molar-refractivity contribution in [2.45, 2.75) is 24.7 Å². The van der Waals surface area contributed by atoms with Gasteiger partial charge in [-0.2, -0.15) is 4.99 Å². The molecule has 0 spiro atoms. The van der Waals surface area contributed by atoms with E-state index < -0.39 is 0 Å².